The van der Waals surface area contributed by atoms with Crippen LogP contribution in [0.2, 0.25) is 0 Å². The summed E-state index contributed by atoms with van der Waals surface area (Å²) in [6, 6.07) is 0. The highest BCUT2D eigenvalue weighted by Crippen LogP contribution is 2.27. The molecule has 2 unspecified atom stereocenters. The Bertz CT molecular complexity index is 125. The van der Waals surface area contributed by atoms with Gasteiger partial charge in [-0.15, -0.1) is 0 Å². The molecule has 0 spiro atoms. The monoisotopic (exact) mass is 158 g/mol. The summed E-state index contributed by atoms with van der Waals surface area (Å²) < 4.78 is 0. The molecule has 1 rings (SSSR count). The predicted molar refractivity (Wildman–Crippen MR) is 45.2 cm³/mol. The molecule has 1 saturated heterocycles. The summed E-state index contributed by atoms with van der Waals surface area (Å²) >= 11 is 0. The summed E-state index contributed by atoms with van der Waals surface area (Å²) in [6.07, 6.45) is 0. The van der Waals surface area contributed by atoms with Crippen molar-refractivity contribution in [1.82, 2.24) is 5.32 Å². The molecular weight excluding hydrogens is 140 g/mol. The van der Waals surface area contributed by atoms with Crippen LogP contribution in [0.25, 0.3) is 0 Å². The van der Waals surface area contributed by atoms with Crippen molar-refractivity contribution < 1.29 is 5.11 Å². The number of hydrogen-bond acceptors (Lipinski definition) is 3. The van der Waals surface area contributed by atoms with Gasteiger partial charge < -0.3 is 16.2 Å². The van der Waals surface area contributed by atoms with Crippen LogP contribution in [-0.4, -0.2) is 30.3 Å². The molecular formula is C8H18N2O. The number of nitrogens with one attached hydrogen (secondary N) is 1. The lowest BCUT2D eigenvalue weighted by Crippen LogP contribution is -2.58. The highest BCUT2D eigenvalue weighted by molar-refractivity contribution is 4.94. The lowest BCUT2D eigenvalue weighted by molar-refractivity contribution is -0.0625. The molecule has 1 fully saturated rings. The van der Waals surface area contributed by atoms with Gasteiger partial charge in [0.1, 0.15) is 0 Å². The number of aliphatic hydroxyl groups is 1. The first-order chi connectivity index (χ1) is 5.09. The molecule has 0 aromatic rings. The second-order valence-electron chi connectivity index (χ2n) is 3.72. The van der Waals surface area contributed by atoms with Gasteiger partial charge in [-0.25, -0.2) is 0 Å². The van der Waals surface area contributed by atoms with E-state index in [2.05, 4.69) is 5.32 Å². The Hall–Kier alpha value is -0.120. The molecule has 11 heavy (non-hydrogen) atoms. The highest BCUT2D eigenvalue weighted by atomic mass is 16.3. The van der Waals surface area contributed by atoms with E-state index in [-0.39, 0.29) is 5.92 Å². The van der Waals surface area contributed by atoms with E-state index < -0.39 is 5.60 Å². The molecule has 0 amide bonds. The van der Waals surface area contributed by atoms with Crippen molar-refractivity contribution in [2.45, 2.75) is 19.4 Å². The van der Waals surface area contributed by atoms with Crippen molar-refractivity contribution in [3.05, 3.63) is 0 Å². The third kappa shape index (κ3) is 1.55. The Morgan fingerprint density at radius 2 is 2.27 bits per heavy atom. The molecule has 0 radical (unpaired) electrons. The quantitative estimate of drug-likeness (QED) is 0.521. The second-order valence-corrected chi connectivity index (χ2v) is 3.72. The minimum atomic E-state index is -0.583. The summed E-state index contributed by atoms with van der Waals surface area (Å²) in [7, 11) is 0. The Balaban J connectivity index is 2.49. The van der Waals surface area contributed by atoms with Crippen LogP contribution in [0, 0.1) is 11.8 Å². The summed E-state index contributed by atoms with van der Waals surface area (Å²) in [4.78, 5) is 0. The fourth-order valence-electron chi connectivity index (χ4n) is 1.34. The van der Waals surface area contributed by atoms with E-state index in [4.69, 9.17) is 5.73 Å². The maximum atomic E-state index is 9.98. The maximum Gasteiger partial charge on any atom is 0.0709 e. The zero-order valence-electron chi connectivity index (χ0n) is 7.30. The average Bonchev–Trinajstić information content (AvgIpc) is 1.81. The summed E-state index contributed by atoms with van der Waals surface area (Å²) in [5.74, 6) is 0.579. The van der Waals surface area contributed by atoms with Crippen LogP contribution in [0.4, 0.5) is 0 Å². The smallest absolute Gasteiger partial charge is 0.0709 e. The van der Waals surface area contributed by atoms with Gasteiger partial charge in [-0.1, -0.05) is 6.92 Å². The van der Waals surface area contributed by atoms with E-state index in [0.717, 1.165) is 13.1 Å². The van der Waals surface area contributed by atoms with Gasteiger partial charge in [-0.3, -0.25) is 0 Å². The number of rotatable bonds is 3. The third-order valence-electron chi connectivity index (χ3n) is 2.96. The van der Waals surface area contributed by atoms with Crippen molar-refractivity contribution in [1.29, 1.82) is 0 Å². The largest absolute Gasteiger partial charge is 0.389 e. The molecule has 66 valence electrons. The molecule has 0 aromatic carbocycles. The predicted octanol–water partition coefficient (Wildman–Crippen LogP) is -0.448. The molecule has 1 aliphatic rings. The SMILES string of the molecule is CC(CN)C(C)(O)C1CNC1. The van der Waals surface area contributed by atoms with Crippen molar-refractivity contribution in [3.63, 3.8) is 0 Å². The minimum Gasteiger partial charge on any atom is -0.389 e. The second kappa shape index (κ2) is 3.09. The molecule has 1 heterocycles. The van der Waals surface area contributed by atoms with Gasteiger partial charge in [0, 0.05) is 19.0 Å². The van der Waals surface area contributed by atoms with E-state index >= 15 is 0 Å². The molecule has 3 nitrogen and oxygen atoms in total. The van der Waals surface area contributed by atoms with E-state index in [0.29, 0.717) is 12.5 Å². The molecule has 0 aromatic heterocycles. The van der Waals surface area contributed by atoms with Crippen LogP contribution in [-0.2, 0) is 0 Å². The standard InChI is InChI=1S/C8H18N2O/c1-6(3-9)8(2,11)7-4-10-5-7/h6-7,10-11H,3-5,9H2,1-2H3. The fourth-order valence-corrected chi connectivity index (χ4v) is 1.34. The van der Waals surface area contributed by atoms with Crippen molar-refractivity contribution in [2.75, 3.05) is 19.6 Å². The topological polar surface area (TPSA) is 58.3 Å². The Morgan fingerprint density at radius 1 is 1.73 bits per heavy atom. The van der Waals surface area contributed by atoms with E-state index in [1.54, 1.807) is 0 Å². The van der Waals surface area contributed by atoms with Gasteiger partial charge in [-0.2, -0.15) is 0 Å². The average molecular weight is 158 g/mol. The lowest BCUT2D eigenvalue weighted by Gasteiger charge is -2.43. The zero-order chi connectivity index (χ0) is 8.48. The maximum absolute atomic E-state index is 9.98. The first kappa shape index (κ1) is 8.97. The zero-order valence-corrected chi connectivity index (χ0v) is 7.30. The first-order valence-electron chi connectivity index (χ1n) is 4.22. The van der Waals surface area contributed by atoms with E-state index in [1.165, 1.54) is 0 Å². The fraction of sp³-hybridized carbons (Fsp3) is 1.00. The molecule has 0 bridgehead atoms. The van der Waals surface area contributed by atoms with Gasteiger partial charge in [0.15, 0.2) is 0 Å². The first-order valence-corrected chi connectivity index (χ1v) is 4.22. The lowest BCUT2D eigenvalue weighted by atomic mass is 9.76. The van der Waals surface area contributed by atoms with Crippen LogP contribution in [0.3, 0.4) is 0 Å². The number of hydrogen-bond donors (Lipinski definition) is 3. The molecule has 0 aliphatic carbocycles. The van der Waals surface area contributed by atoms with Crippen LogP contribution < -0.4 is 11.1 Å². The van der Waals surface area contributed by atoms with E-state index in [1.807, 2.05) is 13.8 Å². The van der Waals surface area contributed by atoms with Crippen LogP contribution in [0.5, 0.6) is 0 Å². The van der Waals surface area contributed by atoms with Gasteiger partial charge in [0.2, 0.25) is 0 Å². The Labute approximate surface area is 68.0 Å². The van der Waals surface area contributed by atoms with Crippen molar-refractivity contribution >= 4 is 0 Å². The van der Waals surface area contributed by atoms with Crippen LogP contribution in [0.15, 0.2) is 0 Å². The molecule has 4 N–H and O–H groups in total. The van der Waals surface area contributed by atoms with Gasteiger partial charge >= 0.3 is 0 Å². The normalized spacial score (nSPS) is 27.3. The van der Waals surface area contributed by atoms with Crippen LogP contribution >= 0.6 is 0 Å². The third-order valence-corrected chi connectivity index (χ3v) is 2.96. The van der Waals surface area contributed by atoms with Gasteiger partial charge in [-0.05, 0) is 19.4 Å². The van der Waals surface area contributed by atoms with Gasteiger partial charge in [0.25, 0.3) is 0 Å². The summed E-state index contributed by atoms with van der Waals surface area (Å²) in [5, 5.41) is 13.1. The molecule has 0 saturated carbocycles. The minimum absolute atomic E-state index is 0.189. The highest BCUT2D eigenvalue weighted by Gasteiger charge is 2.39. The van der Waals surface area contributed by atoms with Crippen LogP contribution in [0.1, 0.15) is 13.8 Å². The van der Waals surface area contributed by atoms with Crippen molar-refractivity contribution in [2.24, 2.45) is 17.6 Å². The Kier molecular flexibility index (Phi) is 2.52. The van der Waals surface area contributed by atoms with Gasteiger partial charge in [0.05, 0.1) is 5.60 Å². The Morgan fingerprint density at radius 3 is 2.55 bits per heavy atom. The molecule has 1 aliphatic heterocycles. The summed E-state index contributed by atoms with van der Waals surface area (Å²) in [5.41, 5.74) is 4.91. The number of nitrogens with two attached hydrogens (primary N) is 1. The van der Waals surface area contributed by atoms with E-state index in [9.17, 15) is 5.11 Å². The van der Waals surface area contributed by atoms with Crippen molar-refractivity contribution in [3.8, 4) is 0 Å². The molecule has 3 heteroatoms. The summed E-state index contributed by atoms with van der Waals surface area (Å²) in [6.45, 7) is 6.30. The molecule has 2 atom stereocenters.